The SMILES string of the molecule is CC(C)C(NC(=O)C1CCN(S(=O)(=O)c2cccs2)CC1)c1ccccc1. The first-order valence-corrected chi connectivity index (χ1v) is 11.6. The van der Waals surface area contributed by atoms with Gasteiger partial charge in [-0.25, -0.2) is 8.42 Å². The van der Waals surface area contributed by atoms with Gasteiger partial charge in [-0.1, -0.05) is 50.2 Å². The fourth-order valence-corrected chi connectivity index (χ4v) is 6.08. The molecule has 5 nitrogen and oxygen atoms in total. The zero-order chi connectivity index (χ0) is 19.4. The number of carbonyl (C=O) groups is 1. The lowest BCUT2D eigenvalue weighted by molar-refractivity contribution is -0.127. The predicted octanol–water partition coefficient (Wildman–Crippen LogP) is 3.66. The van der Waals surface area contributed by atoms with Crippen LogP contribution >= 0.6 is 11.3 Å². The van der Waals surface area contributed by atoms with E-state index in [4.69, 9.17) is 0 Å². The van der Waals surface area contributed by atoms with Crippen LogP contribution in [-0.2, 0) is 14.8 Å². The third kappa shape index (κ3) is 4.59. The number of thiophene rings is 1. The highest BCUT2D eigenvalue weighted by atomic mass is 32.2. The number of carbonyl (C=O) groups excluding carboxylic acids is 1. The number of nitrogens with one attached hydrogen (secondary N) is 1. The van der Waals surface area contributed by atoms with Crippen molar-refractivity contribution in [2.75, 3.05) is 13.1 Å². The van der Waals surface area contributed by atoms with Crippen molar-refractivity contribution >= 4 is 27.3 Å². The van der Waals surface area contributed by atoms with E-state index in [1.807, 2.05) is 30.3 Å². The maximum Gasteiger partial charge on any atom is 0.252 e. The number of sulfonamides is 1. The summed E-state index contributed by atoms with van der Waals surface area (Å²) in [6.45, 7) is 4.95. The van der Waals surface area contributed by atoms with E-state index in [0.717, 1.165) is 5.56 Å². The number of hydrogen-bond donors (Lipinski definition) is 1. The van der Waals surface area contributed by atoms with Gasteiger partial charge in [-0.15, -0.1) is 11.3 Å². The Morgan fingerprint density at radius 2 is 1.78 bits per heavy atom. The second-order valence-corrected chi connectivity index (χ2v) is 10.4. The summed E-state index contributed by atoms with van der Waals surface area (Å²) in [5.41, 5.74) is 1.10. The van der Waals surface area contributed by atoms with Crippen molar-refractivity contribution in [2.24, 2.45) is 11.8 Å². The average Bonchev–Trinajstić information content (AvgIpc) is 3.22. The number of hydrogen-bond acceptors (Lipinski definition) is 4. The van der Waals surface area contributed by atoms with Crippen molar-refractivity contribution in [1.82, 2.24) is 9.62 Å². The molecule has 1 saturated heterocycles. The van der Waals surface area contributed by atoms with Crippen molar-refractivity contribution in [2.45, 2.75) is 36.9 Å². The van der Waals surface area contributed by atoms with Crippen LogP contribution in [0.2, 0.25) is 0 Å². The molecule has 1 aromatic heterocycles. The van der Waals surface area contributed by atoms with Gasteiger partial charge < -0.3 is 5.32 Å². The summed E-state index contributed by atoms with van der Waals surface area (Å²) in [4.78, 5) is 12.8. The largest absolute Gasteiger partial charge is 0.349 e. The van der Waals surface area contributed by atoms with E-state index >= 15 is 0 Å². The molecular weight excluding hydrogens is 380 g/mol. The first-order chi connectivity index (χ1) is 12.9. The normalized spacial score (nSPS) is 17.7. The van der Waals surface area contributed by atoms with Gasteiger partial charge in [-0.3, -0.25) is 4.79 Å². The van der Waals surface area contributed by atoms with Gasteiger partial charge in [0.15, 0.2) is 0 Å². The van der Waals surface area contributed by atoms with Gasteiger partial charge in [0.25, 0.3) is 10.0 Å². The van der Waals surface area contributed by atoms with Gasteiger partial charge >= 0.3 is 0 Å². The third-order valence-electron chi connectivity index (χ3n) is 5.04. The molecule has 27 heavy (non-hydrogen) atoms. The monoisotopic (exact) mass is 406 g/mol. The van der Waals surface area contributed by atoms with Crippen molar-refractivity contribution in [1.29, 1.82) is 0 Å². The fourth-order valence-electron chi connectivity index (χ4n) is 3.46. The van der Waals surface area contributed by atoms with Crippen molar-refractivity contribution in [3.05, 3.63) is 53.4 Å². The number of nitrogens with zero attached hydrogens (tertiary/aromatic N) is 1. The third-order valence-corrected chi connectivity index (χ3v) is 8.31. The summed E-state index contributed by atoms with van der Waals surface area (Å²) in [6.07, 6.45) is 1.10. The van der Waals surface area contributed by atoms with Gasteiger partial charge in [0.1, 0.15) is 4.21 Å². The number of benzene rings is 1. The van der Waals surface area contributed by atoms with Crippen LogP contribution in [0.5, 0.6) is 0 Å². The van der Waals surface area contributed by atoms with Crippen LogP contribution < -0.4 is 5.32 Å². The minimum Gasteiger partial charge on any atom is -0.349 e. The molecule has 1 aromatic carbocycles. The van der Waals surface area contributed by atoms with Crippen molar-refractivity contribution in [3.8, 4) is 0 Å². The molecular formula is C20H26N2O3S2. The predicted molar refractivity (Wildman–Crippen MR) is 108 cm³/mol. The fraction of sp³-hybridized carbons (Fsp3) is 0.450. The Bertz CT molecular complexity index is 841. The molecule has 3 rings (SSSR count). The summed E-state index contributed by atoms with van der Waals surface area (Å²) < 4.78 is 27.1. The molecule has 0 spiro atoms. The average molecular weight is 407 g/mol. The molecule has 1 aliphatic rings. The summed E-state index contributed by atoms with van der Waals surface area (Å²) in [5, 5.41) is 4.95. The lowest BCUT2D eigenvalue weighted by Gasteiger charge is -2.32. The summed E-state index contributed by atoms with van der Waals surface area (Å²) in [7, 11) is -3.43. The minimum absolute atomic E-state index is 0.0192. The van der Waals surface area contributed by atoms with E-state index in [1.165, 1.54) is 15.6 Å². The Balaban J connectivity index is 1.61. The highest BCUT2D eigenvalue weighted by Gasteiger charge is 2.33. The van der Waals surface area contributed by atoms with E-state index in [1.54, 1.807) is 17.5 Å². The first-order valence-electron chi connectivity index (χ1n) is 9.28. The molecule has 0 saturated carbocycles. The van der Waals surface area contributed by atoms with Gasteiger partial charge in [0.2, 0.25) is 5.91 Å². The standard InChI is InChI=1S/C20H26N2O3S2/c1-15(2)19(16-7-4-3-5-8-16)21-20(23)17-10-12-22(13-11-17)27(24,25)18-9-6-14-26-18/h3-9,14-15,17,19H,10-13H2,1-2H3,(H,21,23). The topological polar surface area (TPSA) is 66.5 Å². The molecule has 1 unspecified atom stereocenters. The Kier molecular flexibility index (Phi) is 6.34. The number of amides is 1. The van der Waals surface area contributed by atoms with Crippen LogP contribution in [-0.4, -0.2) is 31.7 Å². The Morgan fingerprint density at radius 1 is 1.11 bits per heavy atom. The molecule has 7 heteroatoms. The molecule has 2 heterocycles. The van der Waals surface area contributed by atoms with Crippen molar-refractivity contribution in [3.63, 3.8) is 0 Å². The van der Waals surface area contributed by atoms with E-state index in [-0.39, 0.29) is 23.8 Å². The zero-order valence-electron chi connectivity index (χ0n) is 15.7. The smallest absolute Gasteiger partial charge is 0.252 e. The lowest BCUT2D eigenvalue weighted by atomic mass is 9.93. The second-order valence-electron chi connectivity index (χ2n) is 7.25. The van der Waals surface area contributed by atoms with Crippen molar-refractivity contribution < 1.29 is 13.2 Å². The highest BCUT2D eigenvalue weighted by Crippen LogP contribution is 2.28. The zero-order valence-corrected chi connectivity index (χ0v) is 17.3. The van der Waals surface area contributed by atoms with Crippen LogP contribution in [0.3, 0.4) is 0 Å². The Hall–Kier alpha value is -1.70. The van der Waals surface area contributed by atoms with Crippen LogP contribution in [0.4, 0.5) is 0 Å². The molecule has 1 fully saturated rings. The van der Waals surface area contributed by atoms with Crippen LogP contribution in [0.1, 0.15) is 38.3 Å². The Morgan fingerprint density at radius 3 is 2.33 bits per heavy atom. The van der Waals surface area contributed by atoms with Gasteiger partial charge in [-0.05, 0) is 35.8 Å². The molecule has 1 N–H and O–H groups in total. The van der Waals surface area contributed by atoms with E-state index in [9.17, 15) is 13.2 Å². The van der Waals surface area contributed by atoms with Crippen LogP contribution in [0.25, 0.3) is 0 Å². The summed E-state index contributed by atoms with van der Waals surface area (Å²) in [6, 6.07) is 13.3. The molecule has 1 amide bonds. The van der Waals surface area contributed by atoms with Gasteiger partial charge in [0.05, 0.1) is 6.04 Å². The quantitative estimate of drug-likeness (QED) is 0.796. The number of piperidine rings is 1. The molecule has 0 radical (unpaired) electrons. The van der Waals surface area contributed by atoms with Gasteiger partial charge in [0, 0.05) is 19.0 Å². The molecule has 1 atom stereocenters. The molecule has 1 aliphatic heterocycles. The van der Waals surface area contributed by atoms with E-state index in [0.29, 0.717) is 30.1 Å². The Labute approximate surface area is 165 Å². The maximum absolute atomic E-state index is 12.8. The minimum atomic E-state index is -3.43. The second kappa shape index (κ2) is 8.54. The van der Waals surface area contributed by atoms with Crippen LogP contribution in [0, 0.1) is 11.8 Å². The van der Waals surface area contributed by atoms with E-state index < -0.39 is 10.0 Å². The summed E-state index contributed by atoms with van der Waals surface area (Å²) >= 11 is 1.23. The number of rotatable bonds is 6. The molecule has 146 valence electrons. The summed E-state index contributed by atoms with van der Waals surface area (Å²) in [5.74, 6) is 0.145. The lowest BCUT2D eigenvalue weighted by Crippen LogP contribution is -2.44. The maximum atomic E-state index is 12.8. The first kappa shape index (κ1) is 20.0. The highest BCUT2D eigenvalue weighted by molar-refractivity contribution is 7.91. The van der Waals surface area contributed by atoms with Gasteiger partial charge in [-0.2, -0.15) is 4.31 Å². The molecule has 2 aromatic rings. The molecule has 0 aliphatic carbocycles. The molecule has 0 bridgehead atoms. The van der Waals surface area contributed by atoms with Crippen LogP contribution in [0.15, 0.2) is 52.1 Å². The van der Waals surface area contributed by atoms with E-state index in [2.05, 4.69) is 19.2 Å².